The van der Waals surface area contributed by atoms with Crippen LogP contribution in [0.25, 0.3) is 0 Å². The summed E-state index contributed by atoms with van der Waals surface area (Å²) in [4.78, 5) is 0.317. The maximum absolute atomic E-state index is 10.5. The van der Waals surface area contributed by atoms with E-state index in [9.17, 15) is 8.42 Å². The molecule has 0 N–H and O–H groups in total. The normalized spacial score (nSPS) is 11.2. The number of hydrogen-bond acceptors (Lipinski definition) is 2. The Bertz CT molecular complexity index is 196. The van der Waals surface area contributed by atoms with Crippen LogP contribution in [0.15, 0.2) is 11.0 Å². The summed E-state index contributed by atoms with van der Waals surface area (Å²) < 4.78 is 20.9. The van der Waals surface area contributed by atoms with Crippen molar-refractivity contribution in [1.82, 2.24) is 0 Å². The standard InChI is InChI=1S/C5H9O2S.ClH.Mg/c1-4-5(2)8(3,6)7;;/h4H,1H2,2-3H3;1H;/q-1;;+2/p-1. The van der Waals surface area contributed by atoms with Crippen LogP contribution in [0, 0.1) is 6.92 Å². The van der Waals surface area contributed by atoms with E-state index in [4.69, 9.17) is 0 Å². The van der Waals surface area contributed by atoms with Crippen molar-refractivity contribution in [2.24, 2.45) is 0 Å². The molecule has 0 bridgehead atoms. The number of allylic oxidation sites excluding steroid dienone is 2. The first kappa shape index (κ1) is 16.9. The van der Waals surface area contributed by atoms with E-state index in [1.165, 1.54) is 13.0 Å². The van der Waals surface area contributed by atoms with Gasteiger partial charge in [-0.3, -0.25) is 0 Å². The molecule has 0 unspecified atom stereocenters. The molecule has 0 aliphatic carbocycles. The molecule has 0 radical (unpaired) electrons. The van der Waals surface area contributed by atoms with Gasteiger partial charge in [0.2, 0.25) is 0 Å². The average molecular weight is 193 g/mol. The van der Waals surface area contributed by atoms with Crippen LogP contribution in [0.2, 0.25) is 0 Å². The van der Waals surface area contributed by atoms with Gasteiger partial charge in [-0.15, -0.1) is 4.91 Å². The first-order chi connectivity index (χ1) is 3.48. The summed E-state index contributed by atoms with van der Waals surface area (Å²) in [6.07, 6.45) is 2.49. The van der Waals surface area contributed by atoms with E-state index in [2.05, 4.69) is 6.92 Å². The summed E-state index contributed by atoms with van der Waals surface area (Å²) >= 11 is 0. The van der Waals surface area contributed by atoms with E-state index in [1.807, 2.05) is 0 Å². The van der Waals surface area contributed by atoms with Gasteiger partial charge in [0, 0.05) is 6.26 Å². The van der Waals surface area contributed by atoms with E-state index in [0.717, 1.165) is 6.26 Å². The zero-order chi connectivity index (χ0) is 6.78. The molecule has 0 saturated heterocycles. The van der Waals surface area contributed by atoms with Crippen molar-refractivity contribution < 1.29 is 20.8 Å². The Labute approximate surface area is 84.6 Å². The van der Waals surface area contributed by atoms with Crippen LogP contribution < -0.4 is 12.4 Å². The fourth-order valence-electron chi connectivity index (χ4n) is 0.151. The van der Waals surface area contributed by atoms with Crippen molar-refractivity contribution >= 4 is 32.9 Å². The minimum atomic E-state index is -2.95. The third kappa shape index (κ3) is 6.73. The molecule has 0 heterocycles. The van der Waals surface area contributed by atoms with E-state index in [0.29, 0.717) is 4.91 Å². The van der Waals surface area contributed by atoms with Crippen LogP contribution in [0.1, 0.15) is 6.92 Å². The van der Waals surface area contributed by atoms with Crippen molar-refractivity contribution in [3.63, 3.8) is 0 Å². The molecule has 0 aliphatic rings. The first-order valence-electron chi connectivity index (χ1n) is 2.14. The number of hydrogen-bond donors (Lipinski definition) is 0. The Kier molecular flexibility index (Phi) is 10.7. The van der Waals surface area contributed by atoms with Crippen molar-refractivity contribution in [3.05, 3.63) is 17.9 Å². The van der Waals surface area contributed by atoms with Crippen LogP contribution in [0.4, 0.5) is 0 Å². The van der Waals surface area contributed by atoms with Gasteiger partial charge in [0.1, 0.15) is 9.84 Å². The Morgan fingerprint density at radius 2 is 1.80 bits per heavy atom. The van der Waals surface area contributed by atoms with Crippen molar-refractivity contribution in [1.29, 1.82) is 0 Å². The topological polar surface area (TPSA) is 34.1 Å². The minimum Gasteiger partial charge on any atom is -1.00 e. The van der Waals surface area contributed by atoms with Crippen molar-refractivity contribution in [3.8, 4) is 0 Å². The third-order valence-electron chi connectivity index (χ3n) is 0.872. The predicted octanol–water partition coefficient (Wildman–Crippen LogP) is -2.61. The predicted molar refractivity (Wildman–Crippen MR) is 39.7 cm³/mol. The molecular weight excluding hydrogens is 184 g/mol. The molecule has 0 atom stereocenters. The minimum absolute atomic E-state index is 0. The molecule has 0 saturated carbocycles. The second kappa shape index (κ2) is 6.33. The summed E-state index contributed by atoms with van der Waals surface area (Å²) in [7, 11) is -2.95. The van der Waals surface area contributed by atoms with Crippen LogP contribution in [0.3, 0.4) is 0 Å². The van der Waals surface area contributed by atoms with E-state index in [1.54, 1.807) is 0 Å². The van der Waals surface area contributed by atoms with Crippen LogP contribution in [0.5, 0.6) is 0 Å². The van der Waals surface area contributed by atoms with Gasteiger partial charge >= 0.3 is 23.1 Å². The zero-order valence-electron chi connectivity index (χ0n) is 6.09. The van der Waals surface area contributed by atoms with Gasteiger partial charge in [0.15, 0.2) is 0 Å². The Balaban J connectivity index is -0.000000245. The molecule has 0 spiro atoms. The monoisotopic (exact) mass is 192 g/mol. The fraction of sp³-hybridized carbons (Fsp3) is 0.400. The average Bonchev–Trinajstić information content (AvgIpc) is 1.62. The molecule has 2 nitrogen and oxygen atoms in total. The van der Waals surface area contributed by atoms with Crippen LogP contribution >= 0.6 is 0 Å². The molecular formula is C5H9ClMgO2S. The van der Waals surface area contributed by atoms with E-state index < -0.39 is 9.84 Å². The molecule has 0 amide bonds. The summed E-state index contributed by atoms with van der Waals surface area (Å²) in [5, 5.41) is 0. The van der Waals surface area contributed by atoms with Gasteiger partial charge in [-0.05, 0) is 0 Å². The van der Waals surface area contributed by atoms with Gasteiger partial charge in [-0.1, -0.05) is 6.92 Å². The molecule has 5 heteroatoms. The molecule has 0 fully saturated rings. The molecule has 56 valence electrons. The van der Waals surface area contributed by atoms with Gasteiger partial charge < -0.3 is 12.4 Å². The molecule has 10 heavy (non-hydrogen) atoms. The summed E-state index contributed by atoms with van der Waals surface area (Å²) in [6.45, 7) is 4.83. The van der Waals surface area contributed by atoms with E-state index in [-0.39, 0.29) is 35.5 Å². The van der Waals surface area contributed by atoms with Crippen molar-refractivity contribution in [2.75, 3.05) is 6.26 Å². The number of sulfone groups is 1. The molecule has 0 aliphatic heterocycles. The molecule has 0 aromatic rings. The van der Waals surface area contributed by atoms with Crippen LogP contribution in [-0.2, 0) is 9.84 Å². The first-order valence-corrected chi connectivity index (χ1v) is 4.03. The van der Waals surface area contributed by atoms with Gasteiger partial charge in [0.05, 0.1) is 0 Å². The Hall–Kier alpha value is 0.616. The smallest absolute Gasteiger partial charge is 1.00 e. The Morgan fingerprint density at radius 3 is 1.80 bits per heavy atom. The van der Waals surface area contributed by atoms with Crippen LogP contribution in [-0.4, -0.2) is 37.7 Å². The zero-order valence-corrected chi connectivity index (χ0v) is 9.08. The van der Waals surface area contributed by atoms with E-state index >= 15 is 0 Å². The number of halogens is 1. The van der Waals surface area contributed by atoms with Crippen molar-refractivity contribution in [2.45, 2.75) is 6.92 Å². The summed E-state index contributed by atoms with van der Waals surface area (Å²) in [6, 6.07) is 0. The quantitative estimate of drug-likeness (QED) is 0.337. The van der Waals surface area contributed by atoms with Gasteiger partial charge in [-0.25, -0.2) is 21.4 Å². The second-order valence-corrected chi connectivity index (χ2v) is 3.78. The largest absolute Gasteiger partial charge is 2.00 e. The second-order valence-electron chi connectivity index (χ2n) is 1.59. The summed E-state index contributed by atoms with van der Waals surface area (Å²) in [5.74, 6) is 0. The Morgan fingerprint density at radius 1 is 1.50 bits per heavy atom. The maximum Gasteiger partial charge on any atom is 2.00 e. The molecule has 0 rings (SSSR count). The maximum atomic E-state index is 10.5. The molecule has 0 aromatic carbocycles. The summed E-state index contributed by atoms with van der Waals surface area (Å²) in [5.41, 5.74) is 0. The SMILES string of the molecule is [CH2-]C=C(C)S(C)(=O)=O.[Cl-].[Mg+2]. The molecule has 0 aromatic heterocycles. The van der Waals surface area contributed by atoms with Gasteiger partial charge in [0.25, 0.3) is 0 Å². The third-order valence-corrected chi connectivity index (χ3v) is 2.21. The fourth-order valence-corrected chi connectivity index (χ4v) is 0.454. The number of rotatable bonds is 1. The van der Waals surface area contributed by atoms with Gasteiger partial charge in [-0.2, -0.15) is 0 Å².